The van der Waals surface area contributed by atoms with Gasteiger partial charge in [0.1, 0.15) is 0 Å². The smallest absolute Gasteiger partial charge is 0.259 e. The van der Waals surface area contributed by atoms with Gasteiger partial charge in [-0.25, -0.2) is 0 Å². The van der Waals surface area contributed by atoms with Crippen molar-refractivity contribution in [2.45, 2.75) is 39.2 Å². The molecule has 1 amide bonds. The van der Waals surface area contributed by atoms with Crippen LogP contribution in [0.3, 0.4) is 0 Å². The van der Waals surface area contributed by atoms with Crippen molar-refractivity contribution in [3.63, 3.8) is 0 Å². The number of nitrogens with one attached hydrogen (secondary N) is 1. The molecular weight excluding hydrogens is 312 g/mol. The summed E-state index contributed by atoms with van der Waals surface area (Å²) < 4.78 is 2.01. The molecule has 2 heterocycles. The topological polar surface area (TPSA) is 59.8 Å². The molecule has 5 heteroatoms. The Hall–Kier alpha value is -2.69. The van der Waals surface area contributed by atoms with Gasteiger partial charge in [0, 0.05) is 17.8 Å². The third-order valence-corrected chi connectivity index (χ3v) is 4.48. The van der Waals surface area contributed by atoms with Crippen molar-refractivity contribution in [3.8, 4) is 0 Å². The molecule has 1 aliphatic carbocycles. The van der Waals surface area contributed by atoms with Crippen LogP contribution in [0.4, 0.5) is 5.69 Å². The van der Waals surface area contributed by atoms with E-state index in [9.17, 15) is 4.79 Å². The van der Waals surface area contributed by atoms with E-state index in [1.165, 1.54) is 0 Å². The molecular formula is C20H22N4O. The van der Waals surface area contributed by atoms with Crippen LogP contribution in [0.5, 0.6) is 0 Å². The van der Waals surface area contributed by atoms with Crippen molar-refractivity contribution >= 4 is 22.5 Å². The third kappa shape index (κ3) is 3.27. The summed E-state index contributed by atoms with van der Waals surface area (Å²) in [6, 6.07) is 9.83. The summed E-state index contributed by atoms with van der Waals surface area (Å²) in [5.41, 5.74) is 3.40. The van der Waals surface area contributed by atoms with Gasteiger partial charge in [0.2, 0.25) is 0 Å². The Morgan fingerprint density at radius 1 is 1.28 bits per heavy atom. The van der Waals surface area contributed by atoms with E-state index < -0.39 is 0 Å². The normalized spacial score (nSPS) is 14.2. The van der Waals surface area contributed by atoms with E-state index >= 15 is 0 Å². The van der Waals surface area contributed by atoms with Gasteiger partial charge in [-0.3, -0.25) is 14.5 Å². The average Bonchev–Trinajstić information content (AvgIpc) is 3.35. The number of hydrogen-bond donors (Lipinski definition) is 1. The highest BCUT2D eigenvalue weighted by Gasteiger charge is 2.32. The second kappa shape index (κ2) is 6.31. The number of aromatic nitrogens is 3. The quantitative estimate of drug-likeness (QED) is 0.760. The van der Waals surface area contributed by atoms with Gasteiger partial charge in [-0.15, -0.1) is 0 Å². The van der Waals surface area contributed by atoms with Gasteiger partial charge in [-0.2, -0.15) is 5.10 Å². The Bertz CT molecular complexity index is 924. The number of anilines is 1. The molecule has 0 atom stereocenters. The summed E-state index contributed by atoms with van der Waals surface area (Å²) in [7, 11) is 0. The maximum atomic E-state index is 12.8. The molecule has 128 valence electrons. The van der Waals surface area contributed by atoms with E-state index in [0.717, 1.165) is 36.0 Å². The average molecular weight is 334 g/mol. The molecule has 25 heavy (non-hydrogen) atoms. The number of hydrogen-bond acceptors (Lipinski definition) is 3. The van der Waals surface area contributed by atoms with Crippen LogP contribution in [-0.2, 0) is 6.54 Å². The van der Waals surface area contributed by atoms with Crippen LogP contribution in [0.1, 0.15) is 48.7 Å². The van der Waals surface area contributed by atoms with E-state index in [2.05, 4.69) is 29.2 Å². The van der Waals surface area contributed by atoms with Crippen LogP contribution in [0.15, 0.2) is 42.7 Å². The standard InChI is InChI=1S/C20H22N4O/c1-13(2)12-24-19(14-7-8-14)17(11-22-24)20(25)23-16-9-15-5-3-4-6-18(15)21-10-16/h3-6,9-11,13-14H,7-8,12H2,1-2H3,(H,23,25). The van der Waals surface area contributed by atoms with E-state index in [4.69, 9.17) is 0 Å². The van der Waals surface area contributed by atoms with Crippen molar-refractivity contribution in [1.29, 1.82) is 0 Å². The van der Waals surface area contributed by atoms with Gasteiger partial charge in [0.15, 0.2) is 0 Å². The van der Waals surface area contributed by atoms with E-state index in [1.807, 2.05) is 35.0 Å². The van der Waals surface area contributed by atoms with Crippen LogP contribution >= 0.6 is 0 Å². The van der Waals surface area contributed by atoms with Gasteiger partial charge < -0.3 is 5.32 Å². The Morgan fingerprint density at radius 3 is 2.84 bits per heavy atom. The molecule has 0 unspecified atom stereocenters. The Morgan fingerprint density at radius 2 is 2.08 bits per heavy atom. The first-order chi connectivity index (χ1) is 12.1. The fourth-order valence-corrected chi connectivity index (χ4v) is 3.19. The molecule has 5 nitrogen and oxygen atoms in total. The zero-order valence-corrected chi connectivity index (χ0v) is 14.6. The van der Waals surface area contributed by atoms with Crippen LogP contribution in [0, 0.1) is 5.92 Å². The predicted molar refractivity (Wildman–Crippen MR) is 98.7 cm³/mol. The number of rotatable bonds is 5. The highest BCUT2D eigenvalue weighted by molar-refractivity contribution is 6.05. The van der Waals surface area contributed by atoms with E-state index in [0.29, 0.717) is 23.1 Å². The second-order valence-electron chi connectivity index (χ2n) is 7.16. The highest BCUT2D eigenvalue weighted by atomic mass is 16.1. The second-order valence-corrected chi connectivity index (χ2v) is 7.16. The molecule has 1 aliphatic rings. The minimum Gasteiger partial charge on any atom is -0.320 e. The first-order valence-corrected chi connectivity index (χ1v) is 8.83. The molecule has 4 rings (SSSR count). The van der Waals surface area contributed by atoms with E-state index in [1.54, 1.807) is 12.4 Å². The zero-order valence-electron chi connectivity index (χ0n) is 14.6. The minimum atomic E-state index is -0.103. The fourth-order valence-electron chi connectivity index (χ4n) is 3.19. The van der Waals surface area contributed by atoms with Crippen molar-refractivity contribution in [3.05, 3.63) is 54.0 Å². The summed E-state index contributed by atoms with van der Waals surface area (Å²) in [5.74, 6) is 0.865. The number of benzene rings is 1. The SMILES string of the molecule is CC(C)Cn1ncc(C(=O)Nc2cnc3ccccc3c2)c1C1CC1. The molecule has 3 aromatic rings. The van der Waals surface area contributed by atoms with Crippen molar-refractivity contribution in [2.75, 3.05) is 5.32 Å². The largest absolute Gasteiger partial charge is 0.320 e. The van der Waals surface area contributed by atoms with Crippen molar-refractivity contribution in [2.24, 2.45) is 5.92 Å². The van der Waals surface area contributed by atoms with Gasteiger partial charge in [0.05, 0.1) is 34.9 Å². The number of para-hydroxylation sites is 1. The summed E-state index contributed by atoms with van der Waals surface area (Å²) in [4.78, 5) is 17.2. The lowest BCUT2D eigenvalue weighted by molar-refractivity contribution is 0.102. The summed E-state index contributed by atoms with van der Waals surface area (Å²) in [6.45, 7) is 5.17. The maximum Gasteiger partial charge on any atom is 0.259 e. The first kappa shape index (κ1) is 15.8. The number of nitrogens with zero attached hydrogens (tertiary/aromatic N) is 3. The summed E-state index contributed by atoms with van der Waals surface area (Å²) >= 11 is 0. The lowest BCUT2D eigenvalue weighted by Gasteiger charge is -2.11. The van der Waals surface area contributed by atoms with Crippen molar-refractivity contribution < 1.29 is 4.79 Å². The number of pyridine rings is 1. The highest BCUT2D eigenvalue weighted by Crippen LogP contribution is 2.42. The molecule has 0 spiro atoms. The lowest BCUT2D eigenvalue weighted by Crippen LogP contribution is -2.16. The monoisotopic (exact) mass is 334 g/mol. The first-order valence-electron chi connectivity index (χ1n) is 8.83. The van der Waals surface area contributed by atoms with Gasteiger partial charge in [0.25, 0.3) is 5.91 Å². The molecule has 1 saturated carbocycles. The predicted octanol–water partition coefficient (Wildman–Crippen LogP) is 4.22. The molecule has 1 aromatic carbocycles. The number of carbonyl (C=O) groups is 1. The molecule has 0 radical (unpaired) electrons. The molecule has 0 aliphatic heterocycles. The fraction of sp³-hybridized carbons (Fsp3) is 0.350. The number of carbonyl (C=O) groups excluding carboxylic acids is 1. The van der Waals surface area contributed by atoms with E-state index in [-0.39, 0.29) is 5.91 Å². The number of fused-ring (bicyclic) bond motifs is 1. The zero-order chi connectivity index (χ0) is 17.4. The molecule has 2 aromatic heterocycles. The van der Waals surface area contributed by atoms with Gasteiger partial charge >= 0.3 is 0 Å². The Labute approximate surface area is 147 Å². The lowest BCUT2D eigenvalue weighted by atomic mass is 10.1. The summed E-state index contributed by atoms with van der Waals surface area (Å²) in [5, 5.41) is 8.47. The molecule has 1 N–H and O–H groups in total. The molecule has 1 fully saturated rings. The summed E-state index contributed by atoms with van der Waals surface area (Å²) in [6.07, 6.45) is 5.69. The van der Waals surface area contributed by atoms with Gasteiger partial charge in [-0.05, 0) is 30.9 Å². The molecule has 0 bridgehead atoms. The Balaban J connectivity index is 1.61. The Kier molecular flexibility index (Phi) is 3.99. The minimum absolute atomic E-state index is 0.103. The number of amides is 1. The van der Waals surface area contributed by atoms with Crippen LogP contribution in [0.2, 0.25) is 0 Å². The third-order valence-electron chi connectivity index (χ3n) is 4.48. The van der Waals surface area contributed by atoms with Gasteiger partial charge in [-0.1, -0.05) is 32.0 Å². The van der Waals surface area contributed by atoms with Crippen LogP contribution in [-0.4, -0.2) is 20.7 Å². The van der Waals surface area contributed by atoms with Crippen LogP contribution < -0.4 is 5.32 Å². The van der Waals surface area contributed by atoms with Crippen LogP contribution in [0.25, 0.3) is 10.9 Å². The maximum absolute atomic E-state index is 12.8. The van der Waals surface area contributed by atoms with Crippen molar-refractivity contribution in [1.82, 2.24) is 14.8 Å². The molecule has 0 saturated heterocycles.